The summed E-state index contributed by atoms with van der Waals surface area (Å²) in [5, 5.41) is 10.8. The summed E-state index contributed by atoms with van der Waals surface area (Å²) >= 11 is 0. The van der Waals surface area contributed by atoms with Crippen LogP contribution in [0.4, 0.5) is 0 Å². The molecule has 0 atom stereocenters. The minimum Gasteiger partial charge on any atom is -0.349 e. The molecule has 2 rings (SSSR count). The molecule has 0 saturated carbocycles. The number of imidazole rings is 1. The van der Waals surface area contributed by atoms with Crippen LogP contribution < -0.4 is 5.32 Å². The lowest BCUT2D eigenvalue weighted by Gasteiger charge is -2.10. The normalized spacial score (nSPS) is 10.8. The molecule has 0 spiro atoms. The van der Waals surface area contributed by atoms with Crippen LogP contribution >= 0.6 is 0 Å². The number of rotatable bonds is 5. The zero-order chi connectivity index (χ0) is 14.5. The van der Waals surface area contributed by atoms with E-state index >= 15 is 0 Å². The molecule has 106 valence electrons. The third-order valence-corrected chi connectivity index (χ3v) is 2.80. The first-order valence-corrected chi connectivity index (χ1v) is 6.35. The Kier molecular flexibility index (Phi) is 4.41. The third-order valence-electron chi connectivity index (χ3n) is 2.80. The monoisotopic (exact) mass is 274 g/mol. The van der Waals surface area contributed by atoms with E-state index in [1.54, 1.807) is 29.1 Å². The van der Waals surface area contributed by atoms with Crippen molar-refractivity contribution in [3.05, 3.63) is 36.0 Å². The Bertz CT molecular complexity index is 575. The molecule has 0 unspecified atom stereocenters. The van der Waals surface area contributed by atoms with Gasteiger partial charge in [-0.3, -0.25) is 9.36 Å². The molecule has 0 fully saturated rings. The molecule has 0 aliphatic carbocycles. The van der Waals surface area contributed by atoms with Gasteiger partial charge in [0.1, 0.15) is 5.82 Å². The summed E-state index contributed by atoms with van der Waals surface area (Å²) in [6, 6.07) is 3.41. The highest BCUT2D eigenvalue weighted by Gasteiger charge is 2.09. The predicted molar refractivity (Wildman–Crippen MR) is 74.8 cm³/mol. The summed E-state index contributed by atoms with van der Waals surface area (Å²) in [6.07, 6.45) is 3.50. The number of nitrogens with one attached hydrogen (secondary N) is 1. The molecule has 0 aliphatic rings. The topological polar surface area (TPSA) is 75.9 Å². The fraction of sp³-hybridized carbons (Fsp3) is 0.385. The number of aromatic nitrogens is 4. The average Bonchev–Trinajstić information content (AvgIpc) is 2.84. The van der Waals surface area contributed by atoms with Crippen molar-refractivity contribution in [1.29, 1.82) is 0 Å². The van der Waals surface area contributed by atoms with Crippen LogP contribution in [0, 0.1) is 6.92 Å². The molecule has 2 aromatic rings. The second-order valence-corrected chi connectivity index (χ2v) is 4.68. The first-order chi connectivity index (χ1) is 9.58. The predicted octanol–water partition coefficient (Wildman–Crippen LogP) is 0.262. The molecule has 0 saturated heterocycles. The van der Waals surface area contributed by atoms with Gasteiger partial charge in [0.15, 0.2) is 11.5 Å². The van der Waals surface area contributed by atoms with Gasteiger partial charge in [-0.2, -0.15) is 0 Å². The zero-order valence-electron chi connectivity index (χ0n) is 11.9. The van der Waals surface area contributed by atoms with Crippen molar-refractivity contribution in [3.8, 4) is 5.82 Å². The first kappa shape index (κ1) is 14.1. The molecule has 1 N–H and O–H groups in total. The second-order valence-electron chi connectivity index (χ2n) is 4.68. The van der Waals surface area contributed by atoms with Crippen LogP contribution in [0.25, 0.3) is 5.82 Å². The Balaban J connectivity index is 2.01. The van der Waals surface area contributed by atoms with Gasteiger partial charge < -0.3 is 10.2 Å². The highest BCUT2D eigenvalue weighted by atomic mass is 16.1. The van der Waals surface area contributed by atoms with E-state index in [9.17, 15) is 4.79 Å². The van der Waals surface area contributed by atoms with Gasteiger partial charge in [-0.25, -0.2) is 4.98 Å². The molecule has 0 aliphatic heterocycles. The lowest BCUT2D eigenvalue weighted by molar-refractivity contribution is 0.0945. The molecule has 2 heterocycles. The summed E-state index contributed by atoms with van der Waals surface area (Å²) in [5.74, 6) is 1.25. The maximum absolute atomic E-state index is 11.8. The van der Waals surface area contributed by atoms with E-state index in [1.807, 2.05) is 25.9 Å². The lowest BCUT2D eigenvalue weighted by Crippen LogP contribution is -2.32. The molecule has 7 heteroatoms. The number of carbonyl (C=O) groups excluding carboxylic acids is 1. The molecule has 7 nitrogen and oxygen atoms in total. The van der Waals surface area contributed by atoms with E-state index in [-0.39, 0.29) is 5.91 Å². The van der Waals surface area contributed by atoms with E-state index < -0.39 is 0 Å². The van der Waals surface area contributed by atoms with Crippen LogP contribution in [0.3, 0.4) is 0 Å². The van der Waals surface area contributed by atoms with Gasteiger partial charge in [0.05, 0.1) is 0 Å². The quantitative estimate of drug-likeness (QED) is 0.846. The van der Waals surface area contributed by atoms with Gasteiger partial charge in [-0.1, -0.05) is 0 Å². The number of amides is 1. The van der Waals surface area contributed by atoms with Crippen molar-refractivity contribution in [1.82, 2.24) is 30.0 Å². The fourth-order valence-electron chi connectivity index (χ4n) is 1.68. The summed E-state index contributed by atoms with van der Waals surface area (Å²) in [5.41, 5.74) is 0.310. The van der Waals surface area contributed by atoms with Crippen molar-refractivity contribution >= 4 is 5.91 Å². The highest BCUT2D eigenvalue weighted by Crippen LogP contribution is 2.06. The number of likely N-dealkylation sites (N-methyl/N-ethyl adjacent to an activating group) is 1. The van der Waals surface area contributed by atoms with E-state index in [1.165, 1.54) is 0 Å². The Morgan fingerprint density at radius 1 is 1.35 bits per heavy atom. The van der Waals surface area contributed by atoms with Crippen LogP contribution in [0.2, 0.25) is 0 Å². The maximum Gasteiger partial charge on any atom is 0.271 e. The van der Waals surface area contributed by atoms with Crippen LogP contribution in [-0.4, -0.2) is 57.7 Å². The number of carbonyl (C=O) groups is 1. The Labute approximate surface area is 117 Å². The minimum absolute atomic E-state index is 0.215. The molecule has 2 aromatic heterocycles. The summed E-state index contributed by atoms with van der Waals surface area (Å²) < 4.78 is 1.81. The number of hydrogen-bond acceptors (Lipinski definition) is 5. The van der Waals surface area contributed by atoms with Crippen molar-refractivity contribution in [2.75, 3.05) is 27.2 Å². The van der Waals surface area contributed by atoms with Gasteiger partial charge in [0.2, 0.25) is 0 Å². The Morgan fingerprint density at radius 3 is 2.70 bits per heavy atom. The molecule has 0 radical (unpaired) electrons. The SMILES string of the molecule is Cc1nccn1-c1ccc(C(=O)NCCN(C)C)nn1. The van der Waals surface area contributed by atoms with Gasteiger partial charge in [-0.05, 0) is 33.2 Å². The number of aryl methyl sites for hydroxylation is 1. The number of nitrogens with zero attached hydrogens (tertiary/aromatic N) is 5. The molecule has 0 bridgehead atoms. The molecular formula is C13H18N6O. The van der Waals surface area contributed by atoms with Gasteiger partial charge >= 0.3 is 0 Å². The fourth-order valence-corrected chi connectivity index (χ4v) is 1.68. The molecular weight excluding hydrogens is 256 g/mol. The van der Waals surface area contributed by atoms with Crippen LogP contribution in [0.5, 0.6) is 0 Å². The lowest BCUT2D eigenvalue weighted by atomic mass is 10.3. The summed E-state index contributed by atoms with van der Waals surface area (Å²) in [4.78, 5) is 18.0. The average molecular weight is 274 g/mol. The standard InChI is InChI=1S/C13H18N6O/c1-10-14-7-9-19(10)12-5-4-11(16-17-12)13(20)15-6-8-18(2)3/h4-5,7,9H,6,8H2,1-3H3,(H,15,20). The Hall–Kier alpha value is -2.28. The minimum atomic E-state index is -0.215. The summed E-state index contributed by atoms with van der Waals surface area (Å²) in [7, 11) is 3.91. The van der Waals surface area contributed by atoms with E-state index in [2.05, 4.69) is 20.5 Å². The Morgan fingerprint density at radius 2 is 2.15 bits per heavy atom. The van der Waals surface area contributed by atoms with Gasteiger partial charge in [0, 0.05) is 25.5 Å². The van der Waals surface area contributed by atoms with Gasteiger partial charge in [-0.15, -0.1) is 10.2 Å². The smallest absolute Gasteiger partial charge is 0.271 e. The summed E-state index contributed by atoms with van der Waals surface area (Å²) in [6.45, 7) is 3.24. The van der Waals surface area contributed by atoms with Crippen molar-refractivity contribution in [3.63, 3.8) is 0 Å². The zero-order valence-corrected chi connectivity index (χ0v) is 11.9. The first-order valence-electron chi connectivity index (χ1n) is 6.35. The van der Waals surface area contributed by atoms with Gasteiger partial charge in [0.25, 0.3) is 5.91 Å². The molecule has 20 heavy (non-hydrogen) atoms. The third kappa shape index (κ3) is 3.39. The van der Waals surface area contributed by atoms with Crippen LogP contribution in [0.15, 0.2) is 24.5 Å². The van der Waals surface area contributed by atoms with Crippen molar-refractivity contribution < 1.29 is 4.79 Å². The van der Waals surface area contributed by atoms with E-state index in [4.69, 9.17) is 0 Å². The van der Waals surface area contributed by atoms with Crippen molar-refractivity contribution in [2.24, 2.45) is 0 Å². The molecule has 1 amide bonds. The van der Waals surface area contributed by atoms with E-state index in [0.717, 1.165) is 12.4 Å². The van der Waals surface area contributed by atoms with Crippen molar-refractivity contribution in [2.45, 2.75) is 6.92 Å². The van der Waals surface area contributed by atoms with Crippen LogP contribution in [-0.2, 0) is 0 Å². The maximum atomic E-state index is 11.8. The highest BCUT2D eigenvalue weighted by molar-refractivity contribution is 5.92. The van der Waals surface area contributed by atoms with Crippen LogP contribution in [0.1, 0.15) is 16.3 Å². The molecule has 0 aromatic carbocycles. The van der Waals surface area contributed by atoms with E-state index in [0.29, 0.717) is 18.1 Å². The number of hydrogen-bond donors (Lipinski definition) is 1. The largest absolute Gasteiger partial charge is 0.349 e. The second kappa shape index (κ2) is 6.25.